The fourth-order valence-electron chi connectivity index (χ4n) is 5.64. The van der Waals surface area contributed by atoms with Gasteiger partial charge >= 0.3 is 6.09 Å². The van der Waals surface area contributed by atoms with Crippen LogP contribution < -0.4 is 4.72 Å². The summed E-state index contributed by atoms with van der Waals surface area (Å²) in [5.41, 5.74) is 0. The average molecular weight is 617 g/mol. The number of nitrogens with zero attached hydrogens (tertiary/aromatic N) is 1. The van der Waals surface area contributed by atoms with Crippen LogP contribution in [0.3, 0.4) is 0 Å². The van der Waals surface area contributed by atoms with Crippen molar-refractivity contribution in [2.75, 3.05) is 26.2 Å². The highest BCUT2D eigenvalue weighted by Gasteiger charge is 2.58. The molecule has 1 N–H and O–H groups in total. The van der Waals surface area contributed by atoms with E-state index < -0.39 is 52.6 Å². The van der Waals surface area contributed by atoms with Gasteiger partial charge in [-0.1, -0.05) is 57.0 Å². The van der Waals surface area contributed by atoms with Gasteiger partial charge in [-0.25, -0.2) is 17.9 Å². The van der Waals surface area contributed by atoms with Crippen LogP contribution in [0.15, 0.2) is 29.2 Å². The Morgan fingerprint density at radius 1 is 1.07 bits per heavy atom. The number of amides is 1. The number of unbranched alkanes of at least 4 members (excludes halogenated alkanes) is 4. The highest BCUT2D eigenvalue weighted by Crippen LogP contribution is 2.40. The van der Waals surface area contributed by atoms with Crippen molar-refractivity contribution in [2.24, 2.45) is 0 Å². The van der Waals surface area contributed by atoms with Crippen molar-refractivity contribution in [1.82, 2.24) is 9.62 Å². The van der Waals surface area contributed by atoms with E-state index in [1.807, 2.05) is 18.6 Å². The van der Waals surface area contributed by atoms with Gasteiger partial charge in [0, 0.05) is 18.2 Å². The Bertz CT molecular complexity index is 1080. The van der Waals surface area contributed by atoms with Crippen molar-refractivity contribution < 1.29 is 36.9 Å². The monoisotopic (exact) mass is 616 g/mol. The van der Waals surface area contributed by atoms with E-state index in [0.717, 1.165) is 64.5 Å². The van der Waals surface area contributed by atoms with Crippen LogP contribution in [0.1, 0.15) is 78.6 Å². The molecule has 10 nitrogen and oxygen atoms in total. The predicted molar refractivity (Wildman–Crippen MR) is 154 cm³/mol. The zero-order valence-corrected chi connectivity index (χ0v) is 26.0. The molecular formula is C29H45ClN2O8S. The predicted octanol–water partition coefficient (Wildman–Crippen LogP) is 5.23. The number of carbonyl (C=O) groups excluding carboxylic acids is 1. The summed E-state index contributed by atoms with van der Waals surface area (Å²) < 4.78 is 58.5. The number of benzene rings is 1. The summed E-state index contributed by atoms with van der Waals surface area (Å²) in [4.78, 5) is 15.2. The van der Waals surface area contributed by atoms with Crippen molar-refractivity contribution in [3.63, 3.8) is 0 Å². The largest absolute Gasteiger partial charge is 0.441 e. The Morgan fingerprint density at radius 3 is 2.44 bits per heavy atom. The Morgan fingerprint density at radius 2 is 1.76 bits per heavy atom. The second kappa shape index (κ2) is 14.8. The summed E-state index contributed by atoms with van der Waals surface area (Å²) in [7, 11) is -4.17. The van der Waals surface area contributed by atoms with Crippen molar-refractivity contribution in [3.05, 3.63) is 29.3 Å². The van der Waals surface area contributed by atoms with Crippen LogP contribution in [0, 0.1) is 0 Å². The number of carbonyl (C=O) groups is 1. The first kappa shape index (κ1) is 32.4. The standard InChI is InChI=1S/C29H45ClN2O8S/c1-4-5-6-9-12-19-36-25-24(38-27-26(25)39-29(2,3)40-27)23(20-32-17-10-7-8-11-18-32)37-28(33)31-41(34,35)22-15-13-21(30)14-16-22/h13-16,23-27H,4-12,17-20H2,1-3H3,(H,31,33)/t23?,24-,25+,26-,27-/m1/s1. The topological polar surface area (TPSA) is 113 Å². The molecule has 232 valence electrons. The van der Waals surface area contributed by atoms with Crippen LogP contribution >= 0.6 is 11.6 Å². The summed E-state index contributed by atoms with van der Waals surface area (Å²) >= 11 is 5.89. The maximum absolute atomic E-state index is 13.1. The number of sulfonamides is 1. The summed E-state index contributed by atoms with van der Waals surface area (Å²) in [6.45, 7) is 8.42. The van der Waals surface area contributed by atoms with E-state index in [2.05, 4.69) is 11.8 Å². The minimum atomic E-state index is -4.17. The van der Waals surface area contributed by atoms with E-state index in [1.165, 1.54) is 30.7 Å². The molecule has 0 bridgehead atoms. The van der Waals surface area contributed by atoms with Crippen LogP contribution in [0.25, 0.3) is 0 Å². The molecule has 0 aliphatic carbocycles. The van der Waals surface area contributed by atoms with Gasteiger partial charge in [-0.3, -0.25) is 4.90 Å². The van der Waals surface area contributed by atoms with Gasteiger partial charge in [0.15, 0.2) is 12.1 Å². The van der Waals surface area contributed by atoms with E-state index in [1.54, 1.807) is 0 Å². The third kappa shape index (κ3) is 9.26. The number of hydrogen-bond acceptors (Lipinski definition) is 9. The second-order valence-corrected chi connectivity index (χ2v) is 13.7. The van der Waals surface area contributed by atoms with E-state index in [0.29, 0.717) is 18.2 Å². The summed E-state index contributed by atoms with van der Waals surface area (Å²) in [5.74, 6) is -0.839. The SMILES string of the molecule is CCCCCCCO[C@@H]1[C@H]2OC(C)(C)O[C@H]2O[C@@H]1C(CN1CCCCCC1)OC(=O)NS(=O)(=O)c1ccc(Cl)cc1. The number of rotatable bonds is 13. The minimum absolute atomic E-state index is 0.0946. The third-order valence-electron chi connectivity index (χ3n) is 7.69. The summed E-state index contributed by atoms with van der Waals surface area (Å²) in [6.07, 6.45) is 5.47. The van der Waals surface area contributed by atoms with Gasteiger partial charge in [0.2, 0.25) is 0 Å². The lowest BCUT2D eigenvalue weighted by Crippen LogP contribution is -2.50. The molecule has 0 radical (unpaired) electrons. The molecule has 1 aromatic rings. The molecular weight excluding hydrogens is 572 g/mol. The van der Waals surface area contributed by atoms with Crippen LogP contribution in [0.5, 0.6) is 0 Å². The Kier molecular flexibility index (Phi) is 11.7. The van der Waals surface area contributed by atoms with Crippen molar-refractivity contribution in [1.29, 1.82) is 0 Å². The molecule has 3 aliphatic heterocycles. The molecule has 1 amide bonds. The Balaban J connectivity index is 1.50. The van der Waals surface area contributed by atoms with Gasteiger partial charge in [-0.15, -0.1) is 0 Å². The van der Waals surface area contributed by atoms with Crippen LogP contribution in [0.4, 0.5) is 4.79 Å². The molecule has 0 saturated carbocycles. The fourth-order valence-corrected chi connectivity index (χ4v) is 6.65. The van der Waals surface area contributed by atoms with Crippen LogP contribution in [0.2, 0.25) is 5.02 Å². The Hall–Kier alpha value is -1.47. The van der Waals surface area contributed by atoms with Gasteiger partial charge < -0.3 is 23.7 Å². The maximum Gasteiger partial charge on any atom is 0.421 e. The van der Waals surface area contributed by atoms with Crippen molar-refractivity contribution in [3.8, 4) is 0 Å². The molecule has 3 aliphatic rings. The first-order chi connectivity index (χ1) is 19.6. The molecule has 0 aromatic heterocycles. The smallest absolute Gasteiger partial charge is 0.421 e. The minimum Gasteiger partial charge on any atom is -0.441 e. The normalized spacial score (nSPS) is 27.2. The lowest BCUT2D eigenvalue weighted by Gasteiger charge is -2.33. The second-order valence-electron chi connectivity index (χ2n) is 11.5. The average Bonchev–Trinajstić information content (AvgIpc) is 3.24. The number of fused-ring (bicyclic) bond motifs is 1. The molecule has 12 heteroatoms. The van der Waals surface area contributed by atoms with Crippen LogP contribution in [-0.4, -0.2) is 82.1 Å². The lowest BCUT2D eigenvalue weighted by molar-refractivity contribution is -0.230. The molecule has 41 heavy (non-hydrogen) atoms. The van der Waals surface area contributed by atoms with Gasteiger partial charge in [-0.2, -0.15) is 0 Å². The highest BCUT2D eigenvalue weighted by atomic mass is 35.5. The van der Waals surface area contributed by atoms with Gasteiger partial charge in [0.25, 0.3) is 10.0 Å². The molecule has 1 unspecified atom stereocenters. The van der Waals surface area contributed by atoms with E-state index in [-0.39, 0.29) is 4.90 Å². The number of likely N-dealkylation sites (tertiary alicyclic amines) is 1. The zero-order valence-electron chi connectivity index (χ0n) is 24.4. The highest BCUT2D eigenvalue weighted by molar-refractivity contribution is 7.90. The molecule has 4 rings (SSSR count). The lowest BCUT2D eigenvalue weighted by atomic mass is 10.0. The Labute approximate surface area is 249 Å². The van der Waals surface area contributed by atoms with E-state index >= 15 is 0 Å². The fraction of sp³-hybridized carbons (Fsp3) is 0.759. The quantitative estimate of drug-likeness (QED) is 0.298. The van der Waals surface area contributed by atoms with Gasteiger partial charge in [-0.05, 0) is 70.5 Å². The number of halogens is 1. The molecule has 3 saturated heterocycles. The zero-order chi connectivity index (χ0) is 29.5. The van der Waals surface area contributed by atoms with Gasteiger partial charge in [0.05, 0.1) is 4.90 Å². The number of nitrogens with one attached hydrogen (secondary N) is 1. The first-order valence-electron chi connectivity index (χ1n) is 14.9. The van der Waals surface area contributed by atoms with Crippen molar-refractivity contribution in [2.45, 2.75) is 120 Å². The van der Waals surface area contributed by atoms with Gasteiger partial charge in [0.1, 0.15) is 24.4 Å². The summed E-state index contributed by atoms with van der Waals surface area (Å²) in [6, 6.07) is 5.55. The van der Waals surface area contributed by atoms with E-state index in [9.17, 15) is 13.2 Å². The molecule has 1 aromatic carbocycles. The van der Waals surface area contributed by atoms with Crippen molar-refractivity contribution >= 4 is 27.7 Å². The first-order valence-corrected chi connectivity index (χ1v) is 16.8. The third-order valence-corrected chi connectivity index (χ3v) is 9.27. The van der Waals surface area contributed by atoms with Crippen LogP contribution in [-0.2, 0) is 33.7 Å². The molecule has 3 fully saturated rings. The molecule has 3 heterocycles. The van der Waals surface area contributed by atoms with E-state index in [4.69, 9.17) is 35.3 Å². The molecule has 0 spiro atoms. The number of hydrogen-bond donors (Lipinski definition) is 1. The molecule has 5 atom stereocenters. The number of ether oxygens (including phenoxy) is 5. The maximum atomic E-state index is 13.1. The summed E-state index contributed by atoms with van der Waals surface area (Å²) in [5, 5.41) is 0.386.